The molecule has 0 aliphatic heterocycles. The molecule has 1 rings (SSSR count). The van der Waals surface area contributed by atoms with Gasteiger partial charge >= 0.3 is 0 Å². The molecule has 0 bridgehead atoms. The van der Waals surface area contributed by atoms with Crippen LogP contribution in [-0.2, 0) is 6.54 Å². The van der Waals surface area contributed by atoms with Gasteiger partial charge in [0.05, 0.1) is 0 Å². The molecule has 3 nitrogen and oxygen atoms in total. The van der Waals surface area contributed by atoms with Crippen LogP contribution in [-0.4, -0.2) is 24.1 Å². The first-order valence-corrected chi connectivity index (χ1v) is 7.50. The lowest BCUT2D eigenvalue weighted by Crippen LogP contribution is -2.33. The fourth-order valence-electron chi connectivity index (χ4n) is 2.27. The van der Waals surface area contributed by atoms with Crippen LogP contribution in [0, 0.1) is 5.92 Å². The van der Waals surface area contributed by atoms with Gasteiger partial charge in [0.25, 0.3) is 0 Å². The zero-order chi connectivity index (χ0) is 14.3. The van der Waals surface area contributed by atoms with E-state index in [0.29, 0.717) is 12.0 Å². The zero-order valence-electron chi connectivity index (χ0n) is 13.1. The molecule has 0 aliphatic carbocycles. The summed E-state index contributed by atoms with van der Waals surface area (Å²) in [5.41, 5.74) is 2.62. The van der Waals surface area contributed by atoms with Crippen LogP contribution in [0.1, 0.15) is 46.6 Å². The average Bonchev–Trinajstić information content (AvgIpc) is 2.40. The quantitative estimate of drug-likeness (QED) is 0.778. The second kappa shape index (κ2) is 8.16. The van der Waals surface area contributed by atoms with E-state index in [1.54, 1.807) is 0 Å². The first kappa shape index (κ1) is 16.0. The summed E-state index contributed by atoms with van der Waals surface area (Å²) in [6.45, 7) is 14.2. The molecule has 0 aliphatic rings. The molecule has 0 saturated carbocycles. The van der Waals surface area contributed by atoms with Crippen molar-refractivity contribution in [3.63, 3.8) is 0 Å². The second-order valence-corrected chi connectivity index (χ2v) is 5.57. The summed E-state index contributed by atoms with van der Waals surface area (Å²) < 4.78 is 0. The van der Waals surface area contributed by atoms with Crippen LogP contribution in [0.5, 0.6) is 0 Å². The van der Waals surface area contributed by atoms with Crippen molar-refractivity contribution < 1.29 is 0 Å². The third-order valence-electron chi connectivity index (χ3n) is 3.52. The van der Waals surface area contributed by atoms with Gasteiger partial charge in [-0.15, -0.1) is 0 Å². The smallest absolute Gasteiger partial charge is 0.0445 e. The maximum absolute atomic E-state index is 4.28. The highest BCUT2D eigenvalue weighted by Crippen LogP contribution is 2.22. The van der Waals surface area contributed by atoms with Gasteiger partial charge in [0.1, 0.15) is 0 Å². The lowest BCUT2D eigenvalue weighted by atomic mass is 10.1. The number of aromatic nitrogens is 1. The molecular weight excluding hydrogens is 234 g/mol. The van der Waals surface area contributed by atoms with Crippen molar-refractivity contribution in [1.29, 1.82) is 0 Å². The molecule has 0 amide bonds. The first-order chi connectivity index (χ1) is 9.10. The van der Waals surface area contributed by atoms with Crippen LogP contribution in [0.4, 0.5) is 5.69 Å². The van der Waals surface area contributed by atoms with Gasteiger partial charge in [0, 0.05) is 42.8 Å². The highest BCUT2D eigenvalue weighted by molar-refractivity contribution is 5.52. The summed E-state index contributed by atoms with van der Waals surface area (Å²) in [6.07, 6.45) is 5.05. The number of hydrogen-bond donors (Lipinski definition) is 1. The Morgan fingerprint density at radius 2 is 2.00 bits per heavy atom. The topological polar surface area (TPSA) is 28.2 Å². The highest BCUT2D eigenvalue weighted by atomic mass is 15.2. The van der Waals surface area contributed by atoms with E-state index in [4.69, 9.17) is 0 Å². The molecule has 0 fully saturated rings. The van der Waals surface area contributed by atoms with Crippen LogP contribution in [0.25, 0.3) is 0 Å². The van der Waals surface area contributed by atoms with Crippen LogP contribution < -0.4 is 10.2 Å². The Hall–Kier alpha value is -1.09. The number of nitrogens with zero attached hydrogens (tertiary/aromatic N) is 2. The minimum atomic E-state index is 0.566. The van der Waals surface area contributed by atoms with Gasteiger partial charge in [-0.25, -0.2) is 0 Å². The lowest BCUT2D eigenvalue weighted by Gasteiger charge is -2.31. The van der Waals surface area contributed by atoms with Gasteiger partial charge < -0.3 is 10.2 Å². The molecule has 1 heterocycles. The molecule has 1 atom stereocenters. The monoisotopic (exact) mass is 263 g/mol. The Bertz CT molecular complexity index is 363. The van der Waals surface area contributed by atoms with Crippen molar-refractivity contribution in [1.82, 2.24) is 10.3 Å². The summed E-state index contributed by atoms with van der Waals surface area (Å²) in [4.78, 5) is 6.74. The van der Waals surface area contributed by atoms with E-state index in [1.165, 1.54) is 11.3 Å². The van der Waals surface area contributed by atoms with Crippen LogP contribution in [0.2, 0.25) is 0 Å². The summed E-state index contributed by atoms with van der Waals surface area (Å²) in [5.74, 6) is 0.678. The molecule has 1 unspecified atom stereocenters. The Morgan fingerprint density at radius 3 is 2.58 bits per heavy atom. The fourth-order valence-corrected chi connectivity index (χ4v) is 2.27. The number of nitrogens with one attached hydrogen (secondary N) is 1. The van der Waals surface area contributed by atoms with Gasteiger partial charge in [-0.05, 0) is 38.8 Å². The molecule has 0 radical (unpaired) electrons. The third-order valence-corrected chi connectivity index (χ3v) is 3.52. The molecular formula is C16H29N3. The van der Waals surface area contributed by atoms with Crippen LogP contribution in [0.3, 0.4) is 0 Å². The van der Waals surface area contributed by atoms with Gasteiger partial charge in [-0.3, -0.25) is 4.98 Å². The lowest BCUT2D eigenvalue weighted by molar-refractivity contribution is 0.549. The molecule has 0 saturated heterocycles. The number of hydrogen-bond acceptors (Lipinski definition) is 3. The normalized spacial score (nSPS) is 12.7. The SMILES string of the molecule is CCC(C)N(CC)c1ccncc1CNCC(C)C. The minimum absolute atomic E-state index is 0.566. The van der Waals surface area contributed by atoms with Crippen molar-refractivity contribution in [2.45, 2.75) is 53.6 Å². The Kier molecular flexibility index (Phi) is 6.85. The number of pyridine rings is 1. The predicted octanol–water partition coefficient (Wildman–Crippen LogP) is 3.45. The van der Waals surface area contributed by atoms with Gasteiger partial charge in [-0.2, -0.15) is 0 Å². The van der Waals surface area contributed by atoms with E-state index in [-0.39, 0.29) is 0 Å². The zero-order valence-corrected chi connectivity index (χ0v) is 13.1. The predicted molar refractivity (Wildman–Crippen MR) is 83.6 cm³/mol. The van der Waals surface area contributed by atoms with E-state index < -0.39 is 0 Å². The molecule has 1 N–H and O–H groups in total. The van der Waals surface area contributed by atoms with E-state index >= 15 is 0 Å². The molecule has 0 spiro atoms. The Labute approximate surface area is 118 Å². The number of rotatable bonds is 8. The highest BCUT2D eigenvalue weighted by Gasteiger charge is 2.14. The van der Waals surface area contributed by atoms with Crippen LogP contribution in [0.15, 0.2) is 18.5 Å². The van der Waals surface area contributed by atoms with E-state index in [9.17, 15) is 0 Å². The van der Waals surface area contributed by atoms with Crippen LogP contribution >= 0.6 is 0 Å². The van der Waals surface area contributed by atoms with Crippen molar-refractivity contribution in [2.24, 2.45) is 5.92 Å². The standard InChI is InChI=1S/C16H29N3/c1-6-14(5)19(7-2)16-8-9-17-11-15(16)12-18-10-13(3)4/h8-9,11,13-14,18H,6-7,10,12H2,1-5H3. The van der Waals surface area contributed by atoms with Gasteiger partial charge in [0.15, 0.2) is 0 Å². The third kappa shape index (κ3) is 4.83. The van der Waals surface area contributed by atoms with E-state index in [1.807, 2.05) is 12.4 Å². The summed E-state index contributed by atoms with van der Waals surface area (Å²) in [5, 5.41) is 3.51. The molecule has 3 heteroatoms. The second-order valence-electron chi connectivity index (χ2n) is 5.57. The van der Waals surface area contributed by atoms with Crippen molar-refractivity contribution in [3.8, 4) is 0 Å². The fraction of sp³-hybridized carbons (Fsp3) is 0.688. The summed E-state index contributed by atoms with van der Waals surface area (Å²) in [6, 6.07) is 2.71. The minimum Gasteiger partial charge on any atom is -0.369 e. The van der Waals surface area contributed by atoms with Gasteiger partial charge in [0.2, 0.25) is 0 Å². The average molecular weight is 263 g/mol. The maximum Gasteiger partial charge on any atom is 0.0445 e. The molecule has 0 aromatic carbocycles. The molecule has 19 heavy (non-hydrogen) atoms. The molecule has 1 aromatic heterocycles. The summed E-state index contributed by atoms with van der Waals surface area (Å²) in [7, 11) is 0. The van der Waals surface area contributed by atoms with Gasteiger partial charge in [-0.1, -0.05) is 20.8 Å². The van der Waals surface area contributed by atoms with E-state index in [0.717, 1.165) is 26.1 Å². The van der Waals surface area contributed by atoms with Crippen molar-refractivity contribution in [2.75, 3.05) is 18.0 Å². The first-order valence-electron chi connectivity index (χ1n) is 7.50. The maximum atomic E-state index is 4.28. The Morgan fingerprint density at radius 1 is 1.26 bits per heavy atom. The van der Waals surface area contributed by atoms with E-state index in [2.05, 4.69) is 55.9 Å². The Balaban J connectivity index is 2.81. The van der Waals surface area contributed by atoms with Crippen molar-refractivity contribution >= 4 is 5.69 Å². The largest absolute Gasteiger partial charge is 0.369 e. The molecule has 1 aromatic rings. The number of anilines is 1. The molecule has 108 valence electrons. The summed E-state index contributed by atoms with van der Waals surface area (Å²) >= 11 is 0. The van der Waals surface area contributed by atoms with Crippen molar-refractivity contribution in [3.05, 3.63) is 24.0 Å².